The number of fused-ring (bicyclic) bond motifs is 1. The quantitative estimate of drug-likeness (QED) is 0.826. The summed E-state index contributed by atoms with van der Waals surface area (Å²) < 4.78 is 48.1. The van der Waals surface area contributed by atoms with E-state index in [4.69, 9.17) is 9.47 Å². The van der Waals surface area contributed by atoms with E-state index in [1.54, 1.807) is 18.2 Å². The fourth-order valence-corrected chi connectivity index (χ4v) is 3.16. The first-order valence-electron chi connectivity index (χ1n) is 6.65. The molecule has 0 spiro atoms. The topological polar surface area (TPSA) is 73.3 Å². The lowest BCUT2D eigenvalue weighted by Gasteiger charge is -2.18. The summed E-state index contributed by atoms with van der Waals surface area (Å²) in [5.74, 6) is 0.787. The lowest BCUT2D eigenvalue weighted by Crippen LogP contribution is -2.15. The van der Waals surface area contributed by atoms with Crippen LogP contribution in [0.4, 0.5) is 18.3 Å². The van der Waals surface area contributed by atoms with Crippen LogP contribution in [-0.4, -0.2) is 35.1 Å². The van der Waals surface area contributed by atoms with Crippen molar-refractivity contribution in [3.05, 3.63) is 23.2 Å². The number of nitrogens with one attached hydrogen (secondary N) is 1. The third kappa shape index (κ3) is 4.09. The van der Waals surface area contributed by atoms with Crippen LogP contribution in [0.15, 0.2) is 23.1 Å². The first-order valence-corrected chi connectivity index (χ1v) is 8.45. The van der Waals surface area contributed by atoms with Crippen LogP contribution in [0.5, 0.6) is 11.5 Å². The number of carbonyl (C=O) groups is 1. The van der Waals surface area contributed by atoms with Crippen LogP contribution in [0.1, 0.15) is 5.01 Å². The van der Waals surface area contributed by atoms with E-state index >= 15 is 0 Å². The number of aromatic nitrogens is 2. The van der Waals surface area contributed by atoms with E-state index in [9.17, 15) is 18.0 Å². The van der Waals surface area contributed by atoms with Crippen molar-refractivity contribution < 1.29 is 27.4 Å². The molecule has 0 saturated carbocycles. The molecule has 3 rings (SSSR count). The van der Waals surface area contributed by atoms with Crippen molar-refractivity contribution in [3.63, 3.8) is 0 Å². The number of anilines is 1. The second-order valence-electron chi connectivity index (χ2n) is 4.55. The number of amides is 1. The average molecular weight is 377 g/mol. The van der Waals surface area contributed by atoms with Gasteiger partial charge in [0.1, 0.15) is 13.2 Å². The Bertz CT molecular complexity index is 752. The Morgan fingerprint density at radius 1 is 1.25 bits per heavy atom. The second kappa shape index (κ2) is 6.85. The van der Waals surface area contributed by atoms with E-state index in [0.29, 0.717) is 24.7 Å². The molecule has 0 unspecified atom stereocenters. The smallest absolute Gasteiger partial charge is 0.445 e. The van der Waals surface area contributed by atoms with Gasteiger partial charge in [0.25, 0.3) is 0 Å². The van der Waals surface area contributed by atoms with E-state index < -0.39 is 17.1 Å². The standard InChI is InChI=1S/C13H10F3N3O3S2/c14-13(15,16)11-18-19-12(24-11)17-10(20)6-23-7-1-2-8-9(5-7)22-4-3-21-8/h1-2,5H,3-4,6H2,(H,17,19,20). The molecule has 0 saturated heterocycles. The number of thioether (sulfide) groups is 1. The van der Waals surface area contributed by atoms with Crippen LogP contribution in [0.2, 0.25) is 0 Å². The highest BCUT2D eigenvalue weighted by Crippen LogP contribution is 2.35. The highest BCUT2D eigenvalue weighted by atomic mass is 32.2. The van der Waals surface area contributed by atoms with Gasteiger partial charge < -0.3 is 9.47 Å². The minimum atomic E-state index is -4.57. The van der Waals surface area contributed by atoms with Gasteiger partial charge in [0.05, 0.1) is 5.75 Å². The van der Waals surface area contributed by atoms with Crippen LogP contribution in [-0.2, 0) is 11.0 Å². The Balaban J connectivity index is 1.55. The average Bonchev–Trinajstić information content (AvgIpc) is 3.01. The predicted octanol–water partition coefficient (Wildman–Crippen LogP) is 3.06. The van der Waals surface area contributed by atoms with Crippen LogP contribution in [0, 0.1) is 0 Å². The highest BCUT2D eigenvalue weighted by Gasteiger charge is 2.35. The van der Waals surface area contributed by atoms with Crippen molar-refractivity contribution in [1.29, 1.82) is 0 Å². The van der Waals surface area contributed by atoms with Crippen molar-refractivity contribution in [2.75, 3.05) is 24.3 Å². The number of carbonyl (C=O) groups excluding carboxylic acids is 1. The van der Waals surface area contributed by atoms with Gasteiger partial charge in [0, 0.05) is 4.90 Å². The first kappa shape index (κ1) is 16.8. The van der Waals surface area contributed by atoms with Crippen molar-refractivity contribution in [1.82, 2.24) is 10.2 Å². The van der Waals surface area contributed by atoms with Gasteiger partial charge in [-0.25, -0.2) is 0 Å². The summed E-state index contributed by atoms with van der Waals surface area (Å²) in [5, 5.41) is 7.32. The maximum absolute atomic E-state index is 12.4. The summed E-state index contributed by atoms with van der Waals surface area (Å²) in [6.45, 7) is 0.948. The van der Waals surface area contributed by atoms with Crippen LogP contribution >= 0.6 is 23.1 Å². The zero-order chi connectivity index (χ0) is 17.2. The van der Waals surface area contributed by atoms with E-state index in [0.717, 1.165) is 4.90 Å². The van der Waals surface area contributed by atoms with Gasteiger partial charge in [-0.1, -0.05) is 11.3 Å². The SMILES string of the molecule is O=C(CSc1ccc2c(c1)OCCO2)Nc1nnc(C(F)(F)F)s1. The highest BCUT2D eigenvalue weighted by molar-refractivity contribution is 8.00. The molecule has 1 aromatic carbocycles. The predicted molar refractivity (Wildman–Crippen MR) is 81.7 cm³/mol. The van der Waals surface area contributed by atoms with Crippen molar-refractivity contribution in [2.45, 2.75) is 11.1 Å². The third-order valence-electron chi connectivity index (χ3n) is 2.80. The number of alkyl halides is 3. The molecule has 1 amide bonds. The molecule has 0 fully saturated rings. The minimum absolute atomic E-state index is 0.0145. The molecule has 0 radical (unpaired) electrons. The molecular weight excluding hydrogens is 367 g/mol. The molecule has 0 aliphatic carbocycles. The molecule has 2 heterocycles. The Morgan fingerprint density at radius 2 is 2.00 bits per heavy atom. The zero-order valence-electron chi connectivity index (χ0n) is 11.9. The number of hydrogen-bond donors (Lipinski definition) is 1. The minimum Gasteiger partial charge on any atom is -0.486 e. The second-order valence-corrected chi connectivity index (χ2v) is 6.58. The Labute approximate surface area is 142 Å². The molecule has 24 heavy (non-hydrogen) atoms. The van der Waals surface area contributed by atoms with Gasteiger partial charge in [0.2, 0.25) is 16.0 Å². The molecule has 1 N–H and O–H groups in total. The summed E-state index contributed by atoms with van der Waals surface area (Å²) in [7, 11) is 0. The maximum Gasteiger partial charge on any atom is 0.445 e. The van der Waals surface area contributed by atoms with Gasteiger partial charge in [0.15, 0.2) is 11.5 Å². The molecule has 1 aromatic heterocycles. The van der Waals surface area contributed by atoms with Crippen LogP contribution in [0.25, 0.3) is 0 Å². The van der Waals surface area contributed by atoms with Crippen LogP contribution in [0.3, 0.4) is 0 Å². The Kier molecular flexibility index (Phi) is 4.81. The molecule has 0 atom stereocenters. The monoisotopic (exact) mass is 377 g/mol. The molecular formula is C13H10F3N3O3S2. The van der Waals surface area contributed by atoms with E-state index in [-0.39, 0.29) is 22.2 Å². The number of benzene rings is 1. The van der Waals surface area contributed by atoms with E-state index in [2.05, 4.69) is 15.5 Å². The van der Waals surface area contributed by atoms with Gasteiger partial charge >= 0.3 is 6.18 Å². The molecule has 2 aromatic rings. The zero-order valence-corrected chi connectivity index (χ0v) is 13.6. The lowest BCUT2D eigenvalue weighted by molar-refractivity contribution is -0.138. The van der Waals surface area contributed by atoms with E-state index in [1.165, 1.54) is 11.8 Å². The number of halogens is 3. The number of nitrogens with zero attached hydrogens (tertiary/aromatic N) is 2. The summed E-state index contributed by atoms with van der Waals surface area (Å²) in [6.07, 6.45) is -4.57. The van der Waals surface area contributed by atoms with Crippen molar-refractivity contribution in [3.8, 4) is 11.5 Å². The molecule has 0 bridgehead atoms. The Hall–Kier alpha value is -2.01. The summed E-state index contributed by atoms with van der Waals surface area (Å²) in [4.78, 5) is 12.6. The summed E-state index contributed by atoms with van der Waals surface area (Å²) >= 11 is 1.50. The summed E-state index contributed by atoms with van der Waals surface area (Å²) in [5.41, 5.74) is 0. The molecule has 1 aliphatic heterocycles. The maximum atomic E-state index is 12.4. The normalized spacial score (nSPS) is 13.6. The molecule has 128 valence electrons. The number of hydrogen-bond acceptors (Lipinski definition) is 7. The first-order chi connectivity index (χ1) is 11.4. The fourth-order valence-electron chi connectivity index (χ4n) is 1.81. The third-order valence-corrected chi connectivity index (χ3v) is 4.67. The van der Waals surface area contributed by atoms with Gasteiger partial charge in [-0.3, -0.25) is 10.1 Å². The van der Waals surface area contributed by atoms with Crippen LogP contribution < -0.4 is 14.8 Å². The molecule has 6 nitrogen and oxygen atoms in total. The Morgan fingerprint density at radius 3 is 2.71 bits per heavy atom. The van der Waals surface area contributed by atoms with Gasteiger partial charge in [-0.15, -0.1) is 22.0 Å². The lowest BCUT2D eigenvalue weighted by atomic mass is 10.3. The number of ether oxygens (including phenoxy) is 2. The molecule has 1 aliphatic rings. The van der Waals surface area contributed by atoms with Gasteiger partial charge in [-0.2, -0.15) is 13.2 Å². The van der Waals surface area contributed by atoms with Crippen molar-refractivity contribution in [2.24, 2.45) is 0 Å². The van der Waals surface area contributed by atoms with Gasteiger partial charge in [-0.05, 0) is 18.2 Å². The number of rotatable bonds is 4. The molecule has 11 heteroatoms. The van der Waals surface area contributed by atoms with E-state index in [1.807, 2.05) is 0 Å². The summed E-state index contributed by atoms with van der Waals surface area (Å²) in [6, 6.07) is 5.27. The van der Waals surface area contributed by atoms with Crippen molar-refractivity contribution >= 4 is 34.1 Å². The largest absolute Gasteiger partial charge is 0.486 e. The fraction of sp³-hybridized carbons (Fsp3) is 0.308.